The van der Waals surface area contributed by atoms with Crippen molar-refractivity contribution >= 4 is 11.6 Å². The van der Waals surface area contributed by atoms with Crippen molar-refractivity contribution in [3.63, 3.8) is 0 Å². The number of pyridine rings is 1. The number of benzene rings is 1. The number of nitrogens with one attached hydrogen (secondary N) is 1. The van der Waals surface area contributed by atoms with E-state index < -0.39 is 0 Å². The first-order valence-corrected chi connectivity index (χ1v) is 7.11. The fourth-order valence-corrected chi connectivity index (χ4v) is 2.56. The Hall–Kier alpha value is -2.49. The Kier molecular flexibility index (Phi) is 3.77. The van der Waals surface area contributed by atoms with Gasteiger partial charge in [0.2, 0.25) is 0 Å². The van der Waals surface area contributed by atoms with Crippen LogP contribution in [0.1, 0.15) is 40.4 Å². The molecule has 4 nitrogen and oxygen atoms in total. The molecule has 0 spiro atoms. The van der Waals surface area contributed by atoms with Gasteiger partial charge in [0.1, 0.15) is 0 Å². The molecule has 3 rings (SSSR count). The smallest absolute Gasteiger partial charge is 0.267 e. The average Bonchev–Trinajstić information content (AvgIpc) is 3.00. The molecule has 1 aromatic carbocycles. The molecule has 0 atom stereocenters. The third kappa shape index (κ3) is 2.99. The summed E-state index contributed by atoms with van der Waals surface area (Å²) in [6.07, 6.45) is 6.69. The van der Waals surface area contributed by atoms with Crippen molar-refractivity contribution in [1.82, 2.24) is 10.4 Å². The van der Waals surface area contributed by atoms with Gasteiger partial charge in [-0.15, -0.1) is 0 Å². The van der Waals surface area contributed by atoms with Crippen LogP contribution >= 0.6 is 0 Å². The highest BCUT2D eigenvalue weighted by Crippen LogP contribution is 2.23. The van der Waals surface area contributed by atoms with E-state index in [9.17, 15) is 4.79 Å². The topological polar surface area (TPSA) is 54.4 Å². The molecule has 0 bridgehead atoms. The second-order valence-corrected chi connectivity index (χ2v) is 5.22. The number of carbonyl (C=O) groups is 1. The summed E-state index contributed by atoms with van der Waals surface area (Å²) in [5.74, 6) is -0.247. The van der Waals surface area contributed by atoms with Gasteiger partial charge in [0.05, 0.1) is 11.3 Å². The monoisotopic (exact) mass is 279 g/mol. The van der Waals surface area contributed by atoms with E-state index in [-0.39, 0.29) is 5.91 Å². The molecule has 0 aliphatic heterocycles. The Balaban J connectivity index is 1.73. The Labute approximate surface area is 123 Å². The minimum Gasteiger partial charge on any atom is -0.267 e. The first-order valence-electron chi connectivity index (χ1n) is 7.11. The maximum absolute atomic E-state index is 11.9. The molecule has 4 heteroatoms. The number of hydrazone groups is 1. The molecule has 2 aromatic rings. The number of nitrogens with zero attached hydrogens (tertiary/aromatic N) is 2. The lowest BCUT2D eigenvalue weighted by Crippen LogP contribution is -2.19. The Morgan fingerprint density at radius 1 is 1.19 bits per heavy atom. The molecule has 0 saturated carbocycles. The second kappa shape index (κ2) is 5.87. The molecular formula is C17H17N3O. The summed E-state index contributed by atoms with van der Waals surface area (Å²) in [5.41, 5.74) is 7.78. The summed E-state index contributed by atoms with van der Waals surface area (Å²) in [5, 5.41) is 4.19. The van der Waals surface area contributed by atoms with Crippen LogP contribution in [0, 0.1) is 0 Å². The van der Waals surface area contributed by atoms with Gasteiger partial charge in [-0.3, -0.25) is 9.78 Å². The van der Waals surface area contributed by atoms with Crippen molar-refractivity contribution in [2.75, 3.05) is 0 Å². The third-order valence-corrected chi connectivity index (χ3v) is 3.77. The highest BCUT2D eigenvalue weighted by atomic mass is 16.2. The van der Waals surface area contributed by atoms with Crippen LogP contribution in [-0.2, 0) is 12.8 Å². The Bertz CT molecular complexity index is 692. The number of carbonyl (C=O) groups excluding carboxylic acids is 1. The highest BCUT2D eigenvalue weighted by Gasteiger charge is 2.12. The van der Waals surface area contributed by atoms with Crippen LogP contribution in [0.15, 0.2) is 47.8 Å². The fraction of sp³-hybridized carbons (Fsp3) is 0.235. The maximum Gasteiger partial charge on any atom is 0.272 e. The van der Waals surface area contributed by atoms with Crippen LogP contribution in [0.5, 0.6) is 0 Å². The standard InChI is InChI=1S/C17H17N3O/c1-12(14-8-7-13-4-2-5-15(13)10-14)19-20-17(21)16-6-3-9-18-11-16/h3,6-11H,2,4-5H2,1H3,(H,20,21)/b19-12-. The zero-order valence-corrected chi connectivity index (χ0v) is 12.0. The summed E-state index contributed by atoms with van der Waals surface area (Å²) in [4.78, 5) is 15.8. The molecule has 1 heterocycles. The third-order valence-electron chi connectivity index (χ3n) is 3.77. The van der Waals surface area contributed by atoms with Crippen LogP contribution in [0.25, 0.3) is 0 Å². The Morgan fingerprint density at radius 3 is 2.86 bits per heavy atom. The quantitative estimate of drug-likeness (QED) is 0.694. The summed E-state index contributed by atoms with van der Waals surface area (Å²) >= 11 is 0. The minimum absolute atomic E-state index is 0.247. The first-order chi connectivity index (χ1) is 10.2. The number of amides is 1. The SMILES string of the molecule is C/C(=N/NC(=O)c1cccnc1)c1ccc2c(c1)CCC2. The molecule has 1 N–H and O–H groups in total. The van der Waals surface area contributed by atoms with Crippen molar-refractivity contribution in [2.45, 2.75) is 26.2 Å². The number of hydrogen-bond donors (Lipinski definition) is 1. The van der Waals surface area contributed by atoms with E-state index in [0.717, 1.165) is 17.7 Å². The van der Waals surface area contributed by atoms with Crippen LogP contribution in [0.2, 0.25) is 0 Å². The fourth-order valence-electron chi connectivity index (χ4n) is 2.56. The number of aromatic nitrogens is 1. The predicted octanol–water partition coefficient (Wildman–Crippen LogP) is 2.72. The summed E-state index contributed by atoms with van der Waals surface area (Å²) < 4.78 is 0. The van der Waals surface area contributed by atoms with E-state index in [1.807, 2.05) is 6.92 Å². The van der Waals surface area contributed by atoms with Crippen molar-refractivity contribution in [3.8, 4) is 0 Å². The van der Waals surface area contributed by atoms with E-state index in [1.54, 1.807) is 18.3 Å². The van der Waals surface area contributed by atoms with E-state index in [1.165, 1.54) is 30.2 Å². The van der Waals surface area contributed by atoms with Gasteiger partial charge in [-0.1, -0.05) is 12.1 Å². The van der Waals surface area contributed by atoms with E-state index in [0.29, 0.717) is 5.56 Å². The van der Waals surface area contributed by atoms with Crippen LogP contribution in [0.3, 0.4) is 0 Å². The van der Waals surface area contributed by atoms with Gasteiger partial charge < -0.3 is 0 Å². The molecule has 1 amide bonds. The van der Waals surface area contributed by atoms with Gasteiger partial charge in [-0.25, -0.2) is 5.43 Å². The van der Waals surface area contributed by atoms with E-state index in [2.05, 4.69) is 33.7 Å². The van der Waals surface area contributed by atoms with Gasteiger partial charge in [0.25, 0.3) is 5.91 Å². The normalized spacial score (nSPS) is 13.9. The van der Waals surface area contributed by atoms with Gasteiger partial charge in [0, 0.05) is 12.4 Å². The largest absolute Gasteiger partial charge is 0.272 e. The van der Waals surface area contributed by atoms with Crippen molar-refractivity contribution in [3.05, 3.63) is 65.0 Å². The lowest BCUT2D eigenvalue weighted by atomic mass is 10.0. The lowest BCUT2D eigenvalue weighted by molar-refractivity contribution is 0.0954. The van der Waals surface area contributed by atoms with Gasteiger partial charge in [0.15, 0.2) is 0 Å². The average molecular weight is 279 g/mol. The van der Waals surface area contributed by atoms with Gasteiger partial charge >= 0.3 is 0 Å². The molecule has 1 aliphatic carbocycles. The molecule has 0 saturated heterocycles. The zero-order valence-electron chi connectivity index (χ0n) is 12.0. The Morgan fingerprint density at radius 2 is 2.05 bits per heavy atom. The van der Waals surface area contributed by atoms with Crippen molar-refractivity contribution in [1.29, 1.82) is 0 Å². The first kappa shape index (κ1) is 13.5. The van der Waals surface area contributed by atoms with Crippen LogP contribution in [0.4, 0.5) is 0 Å². The molecule has 0 radical (unpaired) electrons. The number of rotatable bonds is 3. The van der Waals surface area contributed by atoms with Crippen LogP contribution in [-0.4, -0.2) is 16.6 Å². The van der Waals surface area contributed by atoms with Gasteiger partial charge in [-0.05, 0) is 61.1 Å². The number of aryl methyl sites for hydroxylation is 2. The zero-order chi connectivity index (χ0) is 14.7. The molecule has 106 valence electrons. The predicted molar refractivity (Wildman–Crippen MR) is 82.4 cm³/mol. The molecule has 0 fully saturated rings. The molecule has 0 unspecified atom stereocenters. The second-order valence-electron chi connectivity index (χ2n) is 5.22. The molecule has 21 heavy (non-hydrogen) atoms. The maximum atomic E-state index is 11.9. The van der Waals surface area contributed by atoms with Gasteiger partial charge in [-0.2, -0.15) is 5.10 Å². The van der Waals surface area contributed by atoms with Crippen LogP contribution < -0.4 is 5.43 Å². The summed E-state index contributed by atoms with van der Waals surface area (Å²) in [6.45, 7) is 1.90. The minimum atomic E-state index is -0.247. The summed E-state index contributed by atoms with van der Waals surface area (Å²) in [6, 6.07) is 9.85. The molecular weight excluding hydrogens is 262 g/mol. The lowest BCUT2D eigenvalue weighted by Gasteiger charge is -2.05. The van der Waals surface area contributed by atoms with E-state index in [4.69, 9.17) is 0 Å². The molecule has 1 aromatic heterocycles. The highest BCUT2D eigenvalue weighted by molar-refractivity contribution is 6.01. The van der Waals surface area contributed by atoms with Crippen molar-refractivity contribution < 1.29 is 4.79 Å². The van der Waals surface area contributed by atoms with Crippen molar-refractivity contribution in [2.24, 2.45) is 5.10 Å². The van der Waals surface area contributed by atoms with E-state index >= 15 is 0 Å². The molecule has 1 aliphatic rings. The number of fused-ring (bicyclic) bond motifs is 1. The summed E-state index contributed by atoms with van der Waals surface area (Å²) in [7, 11) is 0. The number of hydrogen-bond acceptors (Lipinski definition) is 3.